The van der Waals surface area contributed by atoms with Crippen LogP contribution in [0.5, 0.6) is 0 Å². The molecule has 0 atom stereocenters. The van der Waals surface area contributed by atoms with Gasteiger partial charge in [0.2, 0.25) is 30.0 Å². The molecule has 0 aromatic heterocycles. The number of rotatable bonds is 16. The largest absolute Gasteiger partial charge is 1.00 e. The average Bonchev–Trinajstić information content (AvgIpc) is 2.84. The number of hydrogen-bond acceptors (Lipinski definition) is 4. The van der Waals surface area contributed by atoms with E-state index >= 15 is 0 Å². The van der Waals surface area contributed by atoms with E-state index in [-0.39, 0.29) is 13.8 Å². The number of hydrogen-bond donors (Lipinski definition) is 0. The molecule has 16 nitrogen and oxygen atoms in total. The van der Waals surface area contributed by atoms with Crippen LogP contribution in [-0.4, -0.2) is 225 Å². The minimum absolute atomic E-state index is 0. The summed E-state index contributed by atoms with van der Waals surface area (Å²) >= 11 is 0. The van der Waals surface area contributed by atoms with Gasteiger partial charge in [0.25, 0.3) is 0 Å². The van der Waals surface area contributed by atoms with Crippen molar-refractivity contribution >= 4 is 37.9 Å². The molecule has 0 saturated heterocycles. The standard InChI is InChI=1S/C24H72N16P5.ClH/c1-29(2)42(30(3)4,31(5)6)25-41(26-43(32(7)8,33(9)10)34(11)12,27-44(35(13)14,36(15)16)37(17)18)28-45(38(19)20,39(21)22)40(23)24;/h1-24H3;1H/q+1;. The fourth-order valence-electron chi connectivity index (χ4n) is 6.00. The normalized spacial score (nSPS) is 14.5. The molecule has 0 aromatic carbocycles. The van der Waals surface area contributed by atoms with Crippen molar-refractivity contribution in [1.29, 1.82) is 0 Å². The second kappa shape index (κ2) is 18.6. The molecular formula is C24H73ClN16P5+. The van der Waals surface area contributed by atoms with E-state index in [0.717, 1.165) is 0 Å². The van der Waals surface area contributed by atoms with Crippen molar-refractivity contribution in [2.24, 2.45) is 18.1 Å². The van der Waals surface area contributed by atoms with Gasteiger partial charge in [-0.05, 0) is 187 Å². The van der Waals surface area contributed by atoms with Gasteiger partial charge in [-0.25, -0.2) is 56.0 Å². The van der Waals surface area contributed by atoms with Gasteiger partial charge in [-0.15, -0.1) is 0 Å². The van der Waals surface area contributed by atoms with Gasteiger partial charge in [0.1, 0.15) is 0 Å². The fourth-order valence-corrected chi connectivity index (χ4v) is 30.2. The molecule has 0 fully saturated rings. The quantitative estimate of drug-likeness (QED) is 0.216. The van der Waals surface area contributed by atoms with Gasteiger partial charge in [0.15, 0.2) is 0 Å². The highest BCUT2D eigenvalue weighted by Gasteiger charge is 2.56. The second-order valence-electron chi connectivity index (χ2n) is 13.2. The number of nitrogens with zero attached hydrogens (tertiary/aromatic N) is 16. The van der Waals surface area contributed by atoms with E-state index in [4.69, 9.17) is 18.1 Å². The van der Waals surface area contributed by atoms with Crippen LogP contribution in [0.1, 0.15) is 1.43 Å². The zero-order valence-corrected chi connectivity index (χ0v) is 39.0. The molecule has 0 spiro atoms. The van der Waals surface area contributed by atoms with E-state index in [0.29, 0.717) is 0 Å². The molecule has 0 amide bonds. The van der Waals surface area contributed by atoms with Crippen molar-refractivity contribution in [2.45, 2.75) is 0 Å². The first-order valence-corrected chi connectivity index (χ1v) is 22.7. The molecule has 22 heteroatoms. The minimum Gasteiger partial charge on any atom is -1.00 e. The highest BCUT2D eigenvalue weighted by atomic mass is 35.5. The van der Waals surface area contributed by atoms with Crippen LogP contribution >= 0.6 is 37.9 Å². The molecule has 46 heavy (non-hydrogen) atoms. The van der Waals surface area contributed by atoms with E-state index in [1.54, 1.807) is 0 Å². The van der Waals surface area contributed by atoms with Gasteiger partial charge < -0.3 is 12.4 Å². The summed E-state index contributed by atoms with van der Waals surface area (Å²) in [6.07, 6.45) is 0. The Morgan fingerprint density at radius 1 is 0.261 bits per heavy atom. The molecule has 0 saturated carbocycles. The van der Waals surface area contributed by atoms with Gasteiger partial charge in [-0.3, -0.25) is 0 Å². The van der Waals surface area contributed by atoms with Crippen molar-refractivity contribution < 1.29 is 13.8 Å². The minimum atomic E-state index is -3.43. The summed E-state index contributed by atoms with van der Waals surface area (Å²) in [5, 5.41) is 0. The van der Waals surface area contributed by atoms with E-state index in [1.165, 1.54) is 0 Å². The molecule has 0 aromatic rings. The highest BCUT2D eigenvalue weighted by Crippen LogP contribution is 2.86. The van der Waals surface area contributed by atoms with Gasteiger partial charge in [0, 0.05) is 0 Å². The predicted octanol–water partition coefficient (Wildman–Crippen LogP) is 2.30. The van der Waals surface area contributed by atoms with Crippen molar-refractivity contribution in [1.82, 2.24) is 56.0 Å². The van der Waals surface area contributed by atoms with Gasteiger partial charge >= 0.3 is 9.29 Å². The predicted molar refractivity (Wildman–Crippen MR) is 210 cm³/mol. The van der Waals surface area contributed by atoms with Gasteiger partial charge in [-0.1, -0.05) is 0 Å². The lowest BCUT2D eigenvalue weighted by Gasteiger charge is -2.44. The molecule has 0 radical (unpaired) electrons. The van der Waals surface area contributed by atoms with Crippen LogP contribution in [0.4, 0.5) is 0 Å². The van der Waals surface area contributed by atoms with Crippen LogP contribution in [-0.2, 0) is 0 Å². The Kier molecular flexibility index (Phi) is 19.9. The van der Waals surface area contributed by atoms with Crippen LogP contribution in [0, 0.1) is 0 Å². The smallest absolute Gasteiger partial charge is 1.00 e. The topological polar surface area (TPSA) is 88.3 Å². The maximum Gasteiger partial charge on any atom is 1.00 e. The third kappa shape index (κ3) is 9.33. The van der Waals surface area contributed by atoms with Crippen LogP contribution in [0.25, 0.3) is 0 Å². The number of halogens is 1. The van der Waals surface area contributed by atoms with Crippen LogP contribution in [0.15, 0.2) is 18.1 Å². The first-order valence-electron chi connectivity index (χ1n) is 14.7. The molecule has 0 aliphatic carbocycles. The lowest BCUT2D eigenvalue weighted by molar-refractivity contribution is -0.0000111. The summed E-state index contributed by atoms with van der Waals surface area (Å²) in [5.41, 5.74) is 0. The molecule has 0 aliphatic heterocycles. The fraction of sp³-hybridized carbons (Fsp3) is 1.00. The molecule has 280 valence electrons. The Bertz CT molecular complexity index is 890. The first kappa shape index (κ1) is 49.3. The lowest BCUT2D eigenvalue weighted by Crippen LogP contribution is -3.00. The summed E-state index contributed by atoms with van der Waals surface area (Å²) in [6.45, 7) is 0. The summed E-state index contributed by atoms with van der Waals surface area (Å²) in [7, 11) is 36.8. The molecule has 0 aliphatic rings. The SMILES string of the molecule is CN(C)P(=N[P+](N=P(N(C)C)(N(C)C)N(C)C)(N=P(N(C)C)(N(C)C)N(C)C)N=P(N(C)C)(N(C)C)N(C)C)(N(C)C)N(C)C.[Cl-].[H+]. The van der Waals surface area contributed by atoms with Crippen molar-refractivity contribution in [3.63, 3.8) is 0 Å². The Morgan fingerprint density at radius 3 is 0.413 bits per heavy atom. The summed E-state index contributed by atoms with van der Waals surface area (Å²) in [6, 6.07) is 0. The van der Waals surface area contributed by atoms with Crippen LogP contribution in [0.2, 0.25) is 0 Å². The molecule has 0 heterocycles. The maximum absolute atomic E-state index is 6.08. The van der Waals surface area contributed by atoms with Crippen molar-refractivity contribution in [2.75, 3.05) is 169 Å². The van der Waals surface area contributed by atoms with Crippen LogP contribution in [0.3, 0.4) is 0 Å². The summed E-state index contributed by atoms with van der Waals surface area (Å²) < 4.78 is 51.2. The van der Waals surface area contributed by atoms with Gasteiger partial charge in [0.05, 0.1) is 0 Å². The molecule has 0 rings (SSSR count). The molecule has 0 unspecified atom stereocenters. The Hall–Kier alpha value is 1.16. The molecular weight excluding hydrogens is 703 g/mol. The van der Waals surface area contributed by atoms with Crippen LogP contribution < -0.4 is 12.4 Å². The average molecular weight is 776 g/mol. The zero-order valence-electron chi connectivity index (χ0n) is 34.8. The Labute approximate surface area is 294 Å². The first-order chi connectivity index (χ1) is 20.1. The summed E-state index contributed by atoms with van der Waals surface area (Å²) in [4.78, 5) is 0. The van der Waals surface area contributed by atoms with Gasteiger partial charge in [-0.2, -0.15) is 0 Å². The van der Waals surface area contributed by atoms with E-state index < -0.39 is 37.9 Å². The monoisotopic (exact) mass is 775 g/mol. The Morgan fingerprint density at radius 2 is 0.348 bits per heavy atom. The lowest BCUT2D eigenvalue weighted by atomic mass is 11.2. The summed E-state index contributed by atoms with van der Waals surface area (Å²) in [5.74, 6) is 0. The Balaban J connectivity index is -0.00000968. The highest BCUT2D eigenvalue weighted by molar-refractivity contribution is 7.87. The molecule has 0 N–H and O–H groups in total. The van der Waals surface area contributed by atoms with Crippen molar-refractivity contribution in [3.05, 3.63) is 0 Å². The molecule has 0 bridgehead atoms. The van der Waals surface area contributed by atoms with Crippen molar-refractivity contribution in [3.8, 4) is 0 Å². The van der Waals surface area contributed by atoms with E-state index in [1.807, 2.05) is 0 Å². The second-order valence-corrected chi connectivity index (χ2v) is 31.0. The third-order valence-corrected chi connectivity index (χ3v) is 28.0. The third-order valence-electron chi connectivity index (χ3n) is 7.40. The zero-order chi connectivity index (χ0) is 36.3. The maximum atomic E-state index is 6.08. The van der Waals surface area contributed by atoms with E-state index in [2.05, 4.69) is 225 Å². The van der Waals surface area contributed by atoms with E-state index in [9.17, 15) is 0 Å².